The van der Waals surface area contributed by atoms with Gasteiger partial charge in [-0.2, -0.15) is 0 Å². The van der Waals surface area contributed by atoms with Gasteiger partial charge in [-0.15, -0.1) is 0 Å². The molecule has 1 aromatic carbocycles. The molecule has 1 aliphatic rings. The molecular formula is C16H23FN2O2. The first-order valence-electron chi connectivity index (χ1n) is 7.44. The molecule has 0 aliphatic carbocycles. The molecule has 1 fully saturated rings. The summed E-state index contributed by atoms with van der Waals surface area (Å²) in [5, 5.41) is 9.80. The standard InChI is InChI=1S/C16H23FN2O2/c1-11(18)15(20)16(21)19-8-2-3-13(10-19)9-12-4-6-14(17)7-5-12/h4-7,11,13,15,20H,2-3,8-10,18H2,1H3. The van der Waals surface area contributed by atoms with Crippen molar-refractivity contribution in [3.63, 3.8) is 0 Å². The van der Waals surface area contributed by atoms with E-state index in [4.69, 9.17) is 5.73 Å². The first-order valence-corrected chi connectivity index (χ1v) is 7.44. The highest BCUT2D eigenvalue weighted by Gasteiger charge is 2.29. The second-order valence-electron chi connectivity index (χ2n) is 5.93. The summed E-state index contributed by atoms with van der Waals surface area (Å²) in [6, 6.07) is 5.93. The summed E-state index contributed by atoms with van der Waals surface area (Å²) in [7, 11) is 0. The average Bonchev–Trinajstić information content (AvgIpc) is 2.48. The first kappa shape index (κ1) is 15.9. The van der Waals surface area contributed by atoms with Gasteiger partial charge < -0.3 is 15.7 Å². The van der Waals surface area contributed by atoms with Crippen LogP contribution in [-0.4, -0.2) is 41.1 Å². The fraction of sp³-hybridized carbons (Fsp3) is 0.562. The van der Waals surface area contributed by atoms with Gasteiger partial charge >= 0.3 is 0 Å². The zero-order chi connectivity index (χ0) is 15.4. The molecule has 5 heteroatoms. The number of nitrogens with zero attached hydrogens (tertiary/aromatic N) is 1. The van der Waals surface area contributed by atoms with Gasteiger partial charge in [0, 0.05) is 19.1 Å². The van der Waals surface area contributed by atoms with Crippen LogP contribution in [0, 0.1) is 11.7 Å². The maximum atomic E-state index is 12.9. The predicted molar refractivity (Wildman–Crippen MR) is 79.1 cm³/mol. The Morgan fingerprint density at radius 3 is 2.76 bits per heavy atom. The summed E-state index contributed by atoms with van der Waals surface area (Å²) < 4.78 is 12.9. The number of aliphatic hydroxyl groups excluding tert-OH is 1. The Morgan fingerprint density at radius 1 is 1.48 bits per heavy atom. The van der Waals surface area contributed by atoms with Gasteiger partial charge in [0.05, 0.1) is 0 Å². The van der Waals surface area contributed by atoms with Crippen molar-refractivity contribution in [1.29, 1.82) is 0 Å². The molecular weight excluding hydrogens is 271 g/mol. The van der Waals surface area contributed by atoms with E-state index in [2.05, 4.69) is 0 Å². The van der Waals surface area contributed by atoms with Gasteiger partial charge in [-0.1, -0.05) is 12.1 Å². The van der Waals surface area contributed by atoms with Crippen molar-refractivity contribution in [2.24, 2.45) is 11.7 Å². The van der Waals surface area contributed by atoms with Crippen LogP contribution in [0.25, 0.3) is 0 Å². The van der Waals surface area contributed by atoms with Crippen molar-refractivity contribution < 1.29 is 14.3 Å². The lowest BCUT2D eigenvalue weighted by molar-refractivity contribution is -0.142. The second kappa shape index (κ2) is 7.00. The molecule has 0 saturated carbocycles. The number of likely N-dealkylation sites (tertiary alicyclic amines) is 1. The third-order valence-corrected chi connectivity index (χ3v) is 4.02. The van der Waals surface area contributed by atoms with Gasteiger partial charge in [0.25, 0.3) is 5.91 Å². The van der Waals surface area contributed by atoms with E-state index in [0.717, 1.165) is 24.8 Å². The predicted octanol–water partition coefficient (Wildman–Crippen LogP) is 1.31. The smallest absolute Gasteiger partial charge is 0.253 e. The number of amides is 1. The summed E-state index contributed by atoms with van der Waals surface area (Å²) in [6.07, 6.45) is 1.64. The number of aliphatic hydroxyl groups is 1. The summed E-state index contributed by atoms with van der Waals surface area (Å²) in [5.41, 5.74) is 6.66. The number of carbonyl (C=O) groups is 1. The first-order chi connectivity index (χ1) is 9.97. The quantitative estimate of drug-likeness (QED) is 0.880. The molecule has 0 radical (unpaired) electrons. The van der Waals surface area contributed by atoms with Crippen molar-refractivity contribution >= 4 is 5.91 Å². The van der Waals surface area contributed by atoms with Crippen LogP contribution >= 0.6 is 0 Å². The topological polar surface area (TPSA) is 66.6 Å². The molecule has 0 spiro atoms. The van der Waals surface area contributed by atoms with E-state index >= 15 is 0 Å². The maximum Gasteiger partial charge on any atom is 0.253 e. The molecule has 1 aliphatic heterocycles. The zero-order valence-corrected chi connectivity index (χ0v) is 12.3. The van der Waals surface area contributed by atoms with Crippen molar-refractivity contribution in [3.05, 3.63) is 35.6 Å². The maximum absolute atomic E-state index is 12.9. The summed E-state index contributed by atoms with van der Waals surface area (Å²) in [5.74, 6) is -0.179. The number of carbonyl (C=O) groups excluding carboxylic acids is 1. The molecule has 3 N–H and O–H groups in total. The molecule has 4 nitrogen and oxygen atoms in total. The lowest BCUT2D eigenvalue weighted by Gasteiger charge is -2.34. The minimum absolute atomic E-state index is 0.237. The van der Waals surface area contributed by atoms with Gasteiger partial charge in [0.1, 0.15) is 11.9 Å². The monoisotopic (exact) mass is 294 g/mol. The lowest BCUT2D eigenvalue weighted by atomic mass is 9.91. The minimum atomic E-state index is -1.13. The highest BCUT2D eigenvalue weighted by atomic mass is 19.1. The van der Waals surface area contributed by atoms with Crippen LogP contribution in [0.3, 0.4) is 0 Å². The Labute approximate surface area is 124 Å². The fourth-order valence-electron chi connectivity index (χ4n) is 2.80. The van der Waals surface area contributed by atoms with Gasteiger partial charge in [-0.25, -0.2) is 4.39 Å². The Balaban J connectivity index is 1.94. The molecule has 116 valence electrons. The third-order valence-electron chi connectivity index (χ3n) is 4.02. The Hall–Kier alpha value is -1.46. The second-order valence-corrected chi connectivity index (χ2v) is 5.93. The van der Waals surface area contributed by atoms with Crippen LogP contribution in [0.5, 0.6) is 0 Å². The van der Waals surface area contributed by atoms with Crippen molar-refractivity contribution in [2.45, 2.75) is 38.3 Å². The van der Waals surface area contributed by atoms with Crippen molar-refractivity contribution in [3.8, 4) is 0 Å². The van der Waals surface area contributed by atoms with Crippen molar-refractivity contribution in [2.75, 3.05) is 13.1 Å². The molecule has 0 aromatic heterocycles. The van der Waals surface area contributed by atoms with Gasteiger partial charge in [0.15, 0.2) is 0 Å². The number of hydrogen-bond acceptors (Lipinski definition) is 3. The molecule has 1 heterocycles. The fourth-order valence-corrected chi connectivity index (χ4v) is 2.80. The largest absolute Gasteiger partial charge is 0.382 e. The minimum Gasteiger partial charge on any atom is -0.382 e. The van der Waals surface area contributed by atoms with Crippen LogP contribution in [0.1, 0.15) is 25.3 Å². The zero-order valence-electron chi connectivity index (χ0n) is 12.3. The van der Waals surface area contributed by atoms with E-state index in [0.29, 0.717) is 19.0 Å². The van der Waals surface area contributed by atoms with E-state index in [9.17, 15) is 14.3 Å². The van der Waals surface area contributed by atoms with Crippen LogP contribution < -0.4 is 5.73 Å². The number of halogens is 1. The molecule has 1 saturated heterocycles. The molecule has 2 rings (SSSR count). The normalized spacial score (nSPS) is 21.9. The molecule has 3 unspecified atom stereocenters. The molecule has 1 aromatic rings. The van der Waals surface area contributed by atoms with Crippen molar-refractivity contribution in [1.82, 2.24) is 4.90 Å². The van der Waals surface area contributed by atoms with Gasteiger partial charge in [-0.3, -0.25) is 4.79 Å². The number of benzene rings is 1. The average molecular weight is 294 g/mol. The third kappa shape index (κ3) is 4.25. The molecule has 1 amide bonds. The van der Waals surface area contributed by atoms with E-state index in [1.54, 1.807) is 24.0 Å². The highest BCUT2D eigenvalue weighted by molar-refractivity contribution is 5.81. The number of piperidine rings is 1. The van der Waals surface area contributed by atoms with Crippen LogP contribution in [0.4, 0.5) is 4.39 Å². The van der Waals surface area contributed by atoms with E-state index in [1.165, 1.54) is 12.1 Å². The van der Waals surface area contributed by atoms with E-state index < -0.39 is 12.1 Å². The summed E-state index contributed by atoms with van der Waals surface area (Å²) in [6.45, 7) is 2.92. The van der Waals surface area contributed by atoms with Gasteiger partial charge in [-0.05, 0) is 49.8 Å². The van der Waals surface area contributed by atoms with Crippen LogP contribution in [0.2, 0.25) is 0 Å². The Kier molecular flexibility index (Phi) is 5.31. The van der Waals surface area contributed by atoms with E-state index in [-0.39, 0.29) is 11.7 Å². The van der Waals surface area contributed by atoms with Crippen LogP contribution in [0.15, 0.2) is 24.3 Å². The Bertz CT molecular complexity index is 476. The number of rotatable bonds is 4. The van der Waals surface area contributed by atoms with Crippen LogP contribution in [-0.2, 0) is 11.2 Å². The summed E-state index contributed by atoms with van der Waals surface area (Å²) in [4.78, 5) is 13.8. The van der Waals surface area contributed by atoms with Gasteiger partial charge in [0.2, 0.25) is 0 Å². The molecule has 3 atom stereocenters. The molecule has 0 bridgehead atoms. The SMILES string of the molecule is CC(N)C(O)C(=O)N1CCCC(Cc2ccc(F)cc2)C1. The number of nitrogens with two attached hydrogens (primary N) is 1. The van der Waals surface area contributed by atoms with E-state index in [1.807, 2.05) is 0 Å². The number of hydrogen-bond donors (Lipinski definition) is 2. The molecule has 21 heavy (non-hydrogen) atoms. The Morgan fingerprint density at radius 2 is 2.14 bits per heavy atom. The summed E-state index contributed by atoms with van der Waals surface area (Å²) >= 11 is 0. The highest BCUT2D eigenvalue weighted by Crippen LogP contribution is 2.21. The lowest BCUT2D eigenvalue weighted by Crippen LogP contribution is -2.50.